The van der Waals surface area contributed by atoms with Crippen LogP contribution in [0.2, 0.25) is 0 Å². The van der Waals surface area contributed by atoms with E-state index in [1.807, 2.05) is 0 Å². The van der Waals surface area contributed by atoms with Gasteiger partial charge in [-0.1, -0.05) is 0 Å². The summed E-state index contributed by atoms with van der Waals surface area (Å²) in [6, 6.07) is 0. The summed E-state index contributed by atoms with van der Waals surface area (Å²) in [7, 11) is -3.39. The molecule has 1 atom stereocenters. The van der Waals surface area contributed by atoms with Crippen LogP contribution in [0, 0.1) is 0 Å². The van der Waals surface area contributed by atoms with Gasteiger partial charge in [0.05, 0.1) is 11.9 Å². The standard InChI is InChI=1S/C13H26Cl4N3O3PS/c1-12(13(18)21)25-11-10-23-24(22,19(6-2-14)7-3-15)20(8-4-16)9-5-17/h12H,2-11H2,1H3,(H2,18,21). The molecular weight excluding hydrogens is 451 g/mol. The number of carbonyl (C=O) groups excluding carboxylic acids is 1. The summed E-state index contributed by atoms with van der Waals surface area (Å²) < 4.78 is 22.7. The predicted molar refractivity (Wildman–Crippen MR) is 111 cm³/mol. The quantitative estimate of drug-likeness (QED) is 0.209. The highest BCUT2D eigenvalue weighted by molar-refractivity contribution is 8.00. The van der Waals surface area contributed by atoms with Crippen molar-refractivity contribution in [2.75, 3.05) is 62.1 Å². The Morgan fingerprint density at radius 2 is 1.44 bits per heavy atom. The molecule has 12 heteroatoms. The summed E-state index contributed by atoms with van der Waals surface area (Å²) in [5, 5.41) is -0.341. The van der Waals surface area contributed by atoms with Crippen LogP contribution in [0.4, 0.5) is 0 Å². The normalized spacial score (nSPS) is 13.6. The van der Waals surface area contributed by atoms with Crippen LogP contribution in [0.5, 0.6) is 0 Å². The Balaban J connectivity index is 5.14. The van der Waals surface area contributed by atoms with Crippen molar-refractivity contribution in [3.05, 3.63) is 0 Å². The molecule has 1 unspecified atom stereocenters. The first kappa shape index (κ1) is 26.1. The summed E-state index contributed by atoms with van der Waals surface area (Å²) in [6.07, 6.45) is 0. The zero-order chi connectivity index (χ0) is 19.3. The van der Waals surface area contributed by atoms with Crippen LogP contribution in [0.3, 0.4) is 0 Å². The maximum atomic E-state index is 13.6. The van der Waals surface area contributed by atoms with E-state index in [0.717, 1.165) is 0 Å². The number of halogens is 4. The molecule has 0 heterocycles. The minimum Gasteiger partial charge on any atom is -0.369 e. The maximum Gasteiger partial charge on any atom is 0.346 e. The molecule has 0 rings (SSSR count). The fourth-order valence-corrected chi connectivity index (χ4v) is 6.46. The van der Waals surface area contributed by atoms with Gasteiger partial charge in [-0.05, 0) is 6.92 Å². The van der Waals surface area contributed by atoms with Gasteiger partial charge in [0.2, 0.25) is 5.91 Å². The van der Waals surface area contributed by atoms with Gasteiger partial charge in [-0.15, -0.1) is 58.2 Å². The number of rotatable bonds is 16. The molecular formula is C13H26Cl4N3O3PS. The Kier molecular flexibility index (Phi) is 15.7. The van der Waals surface area contributed by atoms with Crippen molar-refractivity contribution in [3.8, 4) is 0 Å². The molecule has 0 aromatic carbocycles. The van der Waals surface area contributed by atoms with Gasteiger partial charge in [-0.2, -0.15) is 0 Å². The van der Waals surface area contributed by atoms with Gasteiger partial charge in [0.1, 0.15) is 0 Å². The summed E-state index contributed by atoms with van der Waals surface area (Å²) in [4.78, 5) is 11.1. The van der Waals surface area contributed by atoms with Crippen molar-refractivity contribution < 1.29 is 13.9 Å². The molecule has 0 aromatic rings. The summed E-state index contributed by atoms with van der Waals surface area (Å²) in [5.74, 6) is 1.21. The van der Waals surface area contributed by atoms with E-state index < -0.39 is 13.6 Å². The van der Waals surface area contributed by atoms with Crippen LogP contribution in [-0.2, 0) is 13.9 Å². The van der Waals surface area contributed by atoms with E-state index in [1.165, 1.54) is 11.8 Å². The topological polar surface area (TPSA) is 75.9 Å². The van der Waals surface area contributed by atoms with E-state index >= 15 is 0 Å². The second-order valence-electron chi connectivity index (χ2n) is 4.90. The van der Waals surface area contributed by atoms with E-state index in [0.29, 0.717) is 31.9 Å². The molecule has 150 valence electrons. The molecule has 0 aliphatic carbocycles. The smallest absolute Gasteiger partial charge is 0.346 e. The number of nitrogens with two attached hydrogens (primary N) is 1. The predicted octanol–water partition coefficient (Wildman–Crippen LogP) is 3.28. The van der Waals surface area contributed by atoms with Crippen LogP contribution >= 0.6 is 65.8 Å². The third-order valence-electron chi connectivity index (χ3n) is 3.20. The number of alkyl halides is 4. The van der Waals surface area contributed by atoms with E-state index in [2.05, 4.69) is 0 Å². The second-order valence-corrected chi connectivity index (χ2v) is 10.2. The fraction of sp³-hybridized carbons (Fsp3) is 0.923. The van der Waals surface area contributed by atoms with Gasteiger partial charge in [-0.25, -0.2) is 9.34 Å². The molecule has 0 fully saturated rings. The summed E-state index contributed by atoms with van der Waals surface area (Å²) >= 11 is 24.7. The Morgan fingerprint density at radius 3 is 1.76 bits per heavy atom. The van der Waals surface area contributed by atoms with Crippen LogP contribution in [0.25, 0.3) is 0 Å². The van der Waals surface area contributed by atoms with E-state index in [4.69, 9.17) is 56.7 Å². The monoisotopic (exact) mass is 475 g/mol. The van der Waals surface area contributed by atoms with Gasteiger partial charge < -0.3 is 10.3 Å². The molecule has 6 nitrogen and oxygen atoms in total. The minimum absolute atomic E-state index is 0.182. The second kappa shape index (κ2) is 15.1. The average Bonchev–Trinajstić information content (AvgIpc) is 2.57. The number of hydrogen-bond donors (Lipinski definition) is 1. The summed E-state index contributed by atoms with van der Waals surface area (Å²) in [6.45, 7) is 3.33. The number of hydrogen-bond acceptors (Lipinski definition) is 4. The largest absolute Gasteiger partial charge is 0.369 e. The third-order valence-corrected chi connectivity index (χ3v) is 7.76. The van der Waals surface area contributed by atoms with Crippen molar-refractivity contribution >= 4 is 71.7 Å². The van der Waals surface area contributed by atoms with Gasteiger partial charge >= 0.3 is 7.67 Å². The molecule has 0 aromatic heterocycles. The molecule has 0 aliphatic heterocycles. The van der Waals surface area contributed by atoms with Gasteiger partial charge in [0, 0.05) is 55.5 Å². The number of carbonyl (C=O) groups is 1. The Labute approximate surface area is 174 Å². The van der Waals surface area contributed by atoms with Gasteiger partial charge in [0.15, 0.2) is 0 Å². The Hall–Kier alpha value is 1.09. The van der Waals surface area contributed by atoms with Crippen LogP contribution in [-0.4, -0.2) is 82.6 Å². The number of primary amides is 1. The van der Waals surface area contributed by atoms with Crippen molar-refractivity contribution in [3.63, 3.8) is 0 Å². The molecule has 0 saturated carbocycles. The van der Waals surface area contributed by atoms with E-state index in [1.54, 1.807) is 16.3 Å². The number of nitrogens with zero attached hydrogens (tertiary/aromatic N) is 2. The van der Waals surface area contributed by atoms with Crippen molar-refractivity contribution in [1.82, 2.24) is 9.34 Å². The Bertz CT molecular complexity index is 394. The lowest BCUT2D eigenvalue weighted by molar-refractivity contribution is -0.117. The minimum atomic E-state index is -3.39. The Morgan fingerprint density at radius 1 is 1.04 bits per heavy atom. The molecule has 0 saturated heterocycles. The van der Waals surface area contributed by atoms with Gasteiger partial charge in [0.25, 0.3) is 0 Å². The first-order chi connectivity index (χ1) is 11.9. The van der Waals surface area contributed by atoms with Crippen LogP contribution in [0.1, 0.15) is 6.92 Å². The molecule has 25 heavy (non-hydrogen) atoms. The zero-order valence-electron chi connectivity index (χ0n) is 14.2. The molecule has 0 spiro atoms. The van der Waals surface area contributed by atoms with E-state index in [-0.39, 0.29) is 35.4 Å². The van der Waals surface area contributed by atoms with Gasteiger partial charge in [-0.3, -0.25) is 9.36 Å². The highest BCUT2D eigenvalue weighted by atomic mass is 35.5. The molecule has 0 aliphatic rings. The van der Waals surface area contributed by atoms with Crippen molar-refractivity contribution in [2.45, 2.75) is 12.2 Å². The molecule has 1 amide bonds. The number of amides is 1. The summed E-state index contributed by atoms with van der Waals surface area (Å²) in [5.41, 5.74) is 5.23. The fourth-order valence-electron chi connectivity index (χ4n) is 1.92. The maximum absolute atomic E-state index is 13.6. The zero-order valence-corrected chi connectivity index (χ0v) is 18.9. The molecule has 0 radical (unpaired) electrons. The SMILES string of the molecule is CC(SCCOP(=O)(N(CCCl)CCCl)N(CCCl)CCCl)C(N)=O. The lowest BCUT2D eigenvalue weighted by Crippen LogP contribution is -2.37. The highest BCUT2D eigenvalue weighted by Crippen LogP contribution is 2.54. The van der Waals surface area contributed by atoms with Crippen molar-refractivity contribution in [1.29, 1.82) is 0 Å². The highest BCUT2D eigenvalue weighted by Gasteiger charge is 2.37. The molecule has 0 bridgehead atoms. The average molecular weight is 477 g/mol. The van der Waals surface area contributed by atoms with Crippen LogP contribution in [0.15, 0.2) is 0 Å². The van der Waals surface area contributed by atoms with E-state index in [9.17, 15) is 9.36 Å². The first-order valence-corrected chi connectivity index (χ1v) is 12.5. The third kappa shape index (κ3) is 9.72. The van der Waals surface area contributed by atoms with Crippen LogP contribution < -0.4 is 5.73 Å². The lowest BCUT2D eigenvalue weighted by atomic mass is 10.5. The lowest BCUT2D eigenvalue weighted by Gasteiger charge is -2.37. The number of thioether (sulfide) groups is 1. The first-order valence-electron chi connectivity index (χ1n) is 7.77. The van der Waals surface area contributed by atoms with Crippen molar-refractivity contribution in [2.24, 2.45) is 5.73 Å². The molecule has 2 N–H and O–H groups in total.